The van der Waals surface area contributed by atoms with E-state index in [4.69, 9.17) is 14.2 Å². The molecular formula is C29H32N2O5S. The van der Waals surface area contributed by atoms with E-state index in [1.165, 1.54) is 4.90 Å². The molecule has 3 aromatic rings. The highest BCUT2D eigenvalue weighted by molar-refractivity contribution is 7.09. The van der Waals surface area contributed by atoms with E-state index < -0.39 is 0 Å². The third-order valence-electron chi connectivity index (χ3n) is 5.92. The molecule has 0 fully saturated rings. The van der Waals surface area contributed by atoms with Gasteiger partial charge in [0.2, 0.25) is 12.7 Å². The molecule has 8 heteroatoms. The molecule has 2 aromatic carbocycles. The number of carbonyl (C=O) groups excluding carboxylic acids is 2. The van der Waals surface area contributed by atoms with Gasteiger partial charge in [0.15, 0.2) is 11.5 Å². The smallest absolute Gasteiger partial charge is 0.254 e. The molecule has 37 heavy (non-hydrogen) atoms. The number of carbonyl (C=O) groups is 2. The Hall–Kier alpha value is -3.78. The summed E-state index contributed by atoms with van der Waals surface area (Å²) in [5, 5.41) is 1.99. The normalized spacial score (nSPS) is 11.7. The molecule has 0 N–H and O–H groups in total. The Morgan fingerprint density at radius 2 is 1.86 bits per heavy atom. The van der Waals surface area contributed by atoms with Gasteiger partial charge in [0.05, 0.1) is 13.2 Å². The maximum Gasteiger partial charge on any atom is 0.254 e. The van der Waals surface area contributed by atoms with Crippen molar-refractivity contribution in [2.75, 3.05) is 26.5 Å². The zero-order valence-corrected chi connectivity index (χ0v) is 21.9. The van der Waals surface area contributed by atoms with Crippen molar-refractivity contribution in [1.82, 2.24) is 9.80 Å². The summed E-state index contributed by atoms with van der Waals surface area (Å²) in [6.45, 7) is 7.76. The number of nitrogens with zero attached hydrogens (tertiary/aromatic N) is 2. The van der Waals surface area contributed by atoms with Gasteiger partial charge in [-0.1, -0.05) is 31.6 Å². The first kappa shape index (κ1) is 26.3. The molecule has 0 spiro atoms. The number of rotatable bonds is 13. The van der Waals surface area contributed by atoms with Gasteiger partial charge < -0.3 is 24.0 Å². The van der Waals surface area contributed by atoms with Gasteiger partial charge in [0, 0.05) is 23.5 Å². The minimum absolute atomic E-state index is 0.0600. The number of amides is 2. The Bertz CT molecular complexity index is 1190. The van der Waals surface area contributed by atoms with Crippen molar-refractivity contribution < 1.29 is 23.8 Å². The van der Waals surface area contributed by atoms with E-state index in [2.05, 4.69) is 13.5 Å². The molecular weight excluding hydrogens is 488 g/mol. The summed E-state index contributed by atoms with van der Waals surface area (Å²) >= 11 is 1.59. The van der Waals surface area contributed by atoms with E-state index in [0.29, 0.717) is 36.8 Å². The lowest BCUT2D eigenvalue weighted by atomic mass is 10.1. The van der Waals surface area contributed by atoms with E-state index in [0.717, 1.165) is 29.0 Å². The van der Waals surface area contributed by atoms with Gasteiger partial charge in [0.25, 0.3) is 5.91 Å². The average Bonchev–Trinajstić information content (AvgIpc) is 3.60. The van der Waals surface area contributed by atoms with Gasteiger partial charge in [-0.25, -0.2) is 0 Å². The maximum absolute atomic E-state index is 13.6. The lowest BCUT2D eigenvalue weighted by Gasteiger charge is -2.27. The summed E-state index contributed by atoms with van der Waals surface area (Å²) in [5.41, 5.74) is 1.42. The van der Waals surface area contributed by atoms with E-state index >= 15 is 0 Å². The Labute approximate surface area is 221 Å². The number of thiophene rings is 1. The lowest BCUT2D eigenvalue weighted by Crippen LogP contribution is -2.42. The summed E-state index contributed by atoms with van der Waals surface area (Å²) in [6.07, 6.45) is 3.66. The molecule has 0 aliphatic carbocycles. The molecule has 0 bridgehead atoms. The van der Waals surface area contributed by atoms with Crippen LogP contribution in [-0.2, 0) is 17.9 Å². The van der Waals surface area contributed by atoms with Crippen LogP contribution in [0.2, 0.25) is 0 Å². The highest BCUT2D eigenvalue weighted by Crippen LogP contribution is 2.33. The molecule has 0 radical (unpaired) electrons. The molecule has 194 valence electrons. The number of ether oxygens (including phenoxy) is 3. The summed E-state index contributed by atoms with van der Waals surface area (Å²) in [4.78, 5) is 31.2. The van der Waals surface area contributed by atoms with Crippen LogP contribution in [-0.4, -0.2) is 48.1 Å². The standard InChI is InChI=1S/C29H32N2O5S/c1-3-5-15-34-24-11-9-23(10-12-24)29(33)30(14-4-2)20-28(32)31(19-25-7-6-16-37-25)18-22-8-13-26-27(17-22)36-21-35-26/h4,6-13,16-17H,2-3,5,14-15,18-21H2,1H3. The Balaban J connectivity index is 1.47. The van der Waals surface area contributed by atoms with Crippen LogP contribution in [0.4, 0.5) is 0 Å². The summed E-state index contributed by atoms with van der Waals surface area (Å²) in [6, 6.07) is 16.7. The van der Waals surface area contributed by atoms with Crippen molar-refractivity contribution in [3.05, 3.63) is 88.6 Å². The van der Waals surface area contributed by atoms with Gasteiger partial charge >= 0.3 is 0 Å². The Kier molecular flexibility index (Phi) is 9.21. The largest absolute Gasteiger partial charge is 0.494 e. The third kappa shape index (κ3) is 7.13. The predicted molar refractivity (Wildman–Crippen MR) is 144 cm³/mol. The van der Waals surface area contributed by atoms with E-state index in [1.807, 2.05) is 35.7 Å². The second-order valence-electron chi connectivity index (χ2n) is 8.72. The monoisotopic (exact) mass is 520 g/mol. The molecule has 2 heterocycles. The van der Waals surface area contributed by atoms with E-state index in [-0.39, 0.29) is 31.7 Å². The molecule has 7 nitrogen and oxygen atoms in total. The Morgan fingerprint density at radius 3 is 2.59 bits per heavy atom. The predicted octanol–water partition coefficient (Wildman–Crippen LogP) is 5.51. The van der Waals surface area contributed by atoms with Crippen LogP contribution >= 0.6 is 11.3 Å². The zero-order chi connectivity index (χ0) is 26.0. The topological polar surface area (TPSA) is 68.3 Å². The van der Waals surface area contributed by atoms with Crippen LogP contribution in [0.25, 0.3) is 0 Å². The number of benzene rings is 2. The second kappa shape index (κ2) is 13.0. The highest BCUT2D eigenvalue weighted by Gasteiger charge is 2.23. The van der Waals surface area contributed by atoms with Gasteiger partial charge in [-0.3, -0.25) is 9.59 Å². The van der Waals surface area contributed by atoms with Crippen LogP contribution in [0.1, 0.15) is 40.6 Å². The molecule has 2 amide bonds. The first-order chi connectivity index (χ1) is 18.1. The minimum Gasteiger partial charge on any atom is -0.494 e. The summed E-state index contributed by atoms with van der Waals surface area (Å²) in [5.74, 6) is 1.71. The van der Waals surface area contributed by atoms with Crippen LogP contribution < -0.4 is 14.2 Å². The molecule has 4 rings (SSSR count). The van der Waals surface area contributed by atoms with E-state index in [1.54, 1.807) is 46.6 Å². The van der Waals surface area contributed by atoms with E-state index in [9.17, 15) is 9.59 Å². The third-order valence-corrected chi connectivity index (χ3v) is 6.78. The molecule has 0 saturated carbocycles. The minimum atomic E-state index is -0.229. The second-order valence-corrected chi connectivity index (χ2v) is 9.75. The summed E-state index contributed by atoms with van der Waals surface area (Å²) < 4.78 is 16.6. The molecule has 0 saturated heterocycles. The quantitative estimate of drug-likeness (QED) is 0.220. The van der Waals surface area contributed by atoms with Gasteiger partial charge in [0.1, 0.15) is 12.3 Å². The fourth-order valence-electron chi connectivity index (χ4n) is 3.93. The van der Waals surface area contributed by atoms with Gasteiger partial charge in [-0.2, -0.15) is 0 Å². The van der Waals surface area contributed by atoms with Gasteiger partial charge in [-0.15, -0.1) is 17.9 Å². The fraction of sp³-hybridized carbons (Fsp3) is 0.310. The van der Waals surface area contributed by atoms with Crippen LogP contribution in [0.5, 0.6) is 17.2 Å². The zero-order valence-electron chi connectivity index (χ0n) is 21.1. The fourth-order valence-corrected chi connectivity index (χ4v) is 4.65. The van der Waals surface area contributed by atoms with Crippen LogP contribution in [0, 0.1) is 0 Å². The number of hydrogen-bond donors (Lipinski definition) is 0. The van der Waals surface area contributed by atoms with Crippen molar-refractivity contribution >= 4 is 23.2 Å². The molecule has 0 atom stereocenters. The Morgan fingerprint density at radius 1 is 1.05 bits per heavy atom. The first-order valence-electron chi connectivity index (χ1n) is 12.4. The summed E-state index contributed by atoms with van der Waals surface area (Å²) in [7, 11) is 0. The van der Waals surface area contributed by atoms with Crippen molar-refractivity contribution in [2.24, 2.45) is 0 Å². The van der Waals surface area contributed by atoms with Crippen molar-refractivity contribution in [3.63, 3.8) is 0 Å². The van der Waals surface area contributed by atoms with Crippen LogP contribution in [0.15, 0.2) is 72.6 Å². The van der Waals surface area contributed by atoms with Gasteiger partial charge in [-0.05, 0) is 59.8 Å². The van der Waals surface area contributed by atoms with Crippen molar-refractivity contribution in [2.45, 2.75) is 32.9 Å². The molecule has 1 aromatic heterocycles. The van der Waals surface area contributed by atoms with Crippen molar-refractivity contribution in [3.8, 4) is 17.2 Å². The average molecular weight is 521 g/mol. The highest BCUT2D eigenvalue weighted by atomic mass is 32.1. The first-order valence-corrected chi connectivity index (χ1v) is 13.3. The SMILES string of the molecule is C=CCN(CC(=O)N(Cc1ccc2c(c1)OCO2)Cc1cccs1)C(=O)c1ccc(OCCCC)cc1. The maximum atomic E-state index is 13.6. The van der Waals surface area contributed by atoms with Crippen molar-refractivity contribution in [1.29, 1.82) is 0 Å². The van der Waals surface area contributed by atoms with Crippen LogP contribution in [0.3, 0.4) is 0 Å². The lowest BCUT2D eigenvalue weighted by molar-refractivity contribution is -0.133. The number of unbranched alkanes of at least 4 members (excludes halogenated alkanes) is 1. The molecule has 0 unspecified atom stereocenters. The molecule has 1 aliphatic heterocycles. The number of fused-ring (bicyclic) bond motifs is 1. The number of hydrogen-bond acceptors (Lipinski definition) is 6. The molecule has 1 aliphatic rings.